The third-order valence-corrected chi connectivity index (χ3v) is 4.16. The molecule has 0 aromatic heterocycles. The van der Waals surface area contributed by atoms with Gasteiger partial charge in [0, 0.05) is 11.8 Å². The van der Waals surface area contributed by atoms with Gasteiger partial charge < -0.3 is 19.7 Å². The smallest absolute Gasteiger partial charge is 0.220 e. The van der Waals surface area contributed by atoms with Crippen LogP contribution in [0.4, 0.5) is 0 Å². The highest BCUT2D eigenvalue weighted by molar-refractivity contribution is 6.05. The predicted octanol–water partition coefficient (Wildman–Crippen LogP) is 1.39. The summed E-state index contributed by atoms with van der Waals surface area (Å²) in [6, 6.07) is 0. The normalized spacial score (nSPS) is 22.3. The number of aliphatic hydroxyl groups excluding tert-OH is 2. The maximum Gasteiger partial charge on any atom is 0.220 e. The summed E-state index contributed by atoms with van der Waals surface area (Å²) in [6.45, 7) is -0.389. The Hall–Kier alpha value is -2.70. The number of methoxy groups -OCH3 is 2. The number of aliphatic hydroxyl groups is 2. The average molecular weight is 358 g/mol. The minimum Gasteiger partial charge on any atom is -0.493 e. The largest absolute Gasteiger partial charge is 0.493 e. The van der Waals surface area contributed by atoms with Gasteiger partial charge in [-0.15, -0.1) is 0 Å². The number of ether oxygens (including phenoxy) is 2. The van der Waals surface area contributed by atoms with Crippen molar-refractivity contribution < 1.29 is 29.3 Å². The van der Waals surface area contributed by atoms with Crippen LogP contribution in [0.1, 0.15) is 0 Å². The molecule has 6 heteroatoms. The van der Waals surface area contributed by atoms with Gasteiger partial charge in [0.25, 0.3) is 0 Å². The van der Waals surface area contributed by atoms with Gasteiger partial charge in [-0.25, -0.2) is 0 Å². The van der Waals surface area contributed by atoms with Crippen molar-refractivity contribution in [1.82, 2.24) is 0 Å². The molecule has 2 unspecified atom stereocenters. The highest BCUT2D eigenvalue weighted by Crippen LogP contribution is 2.24. The monoisotopic (exact) mass is 358 g/mol. The van der Waals surface area contributed by atoms with Crippen LogP contribution in [0.5, 0.6) is 0 Å². The molecule has 2 N–H and O–H groups in total. The molecule has 0 heterocycles. The summed E-state index contributed by atoms with van der Waals surface area (Å²) in [6.07, 6.45) is 12.8. The lowest BCUT2D eigenvalue weighted by atomic mass is 9.88. The lowest BCUT2D eigenvalue weighted by Crippen LogP contribution is -2.20. The van der Waals surface area contributed by atoms with Gasteiger partial charge in [-0.05, 0) is 35.5 Å². The molecule has 0 bridgehead atoms. The van der Waals surface area contributed by atoms with E-state index in [1.165, 1.54) is 26.4 Å². The van der Waals surface area contributed by atoms with Crippen LogP contribution in [0.3, 0.4) is 0 Å². The lowest BCUT2D eigenvalue weighted by molar-refractivity contribution is -0.114. The lowest BCUT2D eigenvalue weighted by Gasteiger charge is -2.20. The first-order chi connectivity index (χ1) is 12.5. The molecule has 2 atom stereocenters. The molecule has 0 aromatic carbocycles. The van der Waals surface area contributed by atoms with Crippen LogP contribution in [0, 0.1) is 11.8 Å². The minimum atomic E-state index is -0.389. The van der Waals surface area contributed by atoms with Crippen LogP contribution in [-0.2, 0) is 19.1 Å². The van der Waals surface area contributed by atoms with Gasteiger partial charge in [0.2, 0.25) is 11.6 Å². The van der Waals surface area contributed by atoms with E-state index in [2.05, 4.69) is 0 Å². The molecule has 138 valence electrons. The van der Waals surface area contributed by atoms with Gasteiger partial charge in [0.1, 0.15) is 0 Å². The summed E-state index contributed by atoms with van der Waals surface area (Å²) >= 11 is 0. The Morgan fingerprint density at radius 3 is 1.50 bits per heavy atom. The number of carbonyl (C=O) groups excluding carboxylic acids is 2. The van der Waals surface area contributed by atoms with Gasteiger partial charge >= 0.3 is 0 Å². The number of carbonyl (C=O) groups is 2. The molecule has 2 aliphatic rings. The van der Waals surface area contributed by atoms with E-state index in [1.54, 1.807) is 36.5 Å². The summed E-state index contributed by atoms with van der Waals surface area (Å²) in [7, 11) is 2.84. The molecule has 0 amide bonds. The predicted molar refractivity (Wildman–Crippen MR) is 95.8 cm³/mol. The second-order valence-corrected chi connectivity index (χ2v) is 5.85. The van der Waals surface area contributed by atoms with Crippen LogP contribution in [0.2, 0.25) is 0 Å². The van der Waals surface area contributed by atoms with Gasteiger partial charge in [-0.3, -0.25) is 9.59 Å². The first-order valence-electron chi connectivity index (χ1n) is 8.14. The highest BCUT2D eigenvalue weighted by atomic mass is 16.5. The summed E-state index contributed by atoms with van der Waals surface area (Å²) in [5.41, 5.74) is 1.42. The van der Waals surface area contributed by atoms with E-state index in [9.17, 15) is 19.8 Å². The molecule has 2 aliphatic carbocycles. The number of ketones is 2. The van der Waals surface area contributed by atoms with Crippen molar-refractivity contribution in [1.29, 1.82) is 0 Å². The fourth-order valence-electron chi connectivity index (χ4n) is 2.69. The SMILES string of the molecule is COC1=C/C(=C\C(CO)C(/C=C2\C=CC(=O)C(OC)=C2)CO)C=CC1=O. The van der Waals surface area contributed by atoms with Crippen LogP contribution < -0.4 is 0 Å². The van der Waals surface area contributed by atoms with E-state index in [4.69, 9.17) is 9.47 Å². The Bertz CT molecular complexity index is 684. The number of hydrogen-bond acceptors (Lipinski definition) is 6. The summed E-state index contributed by atoms with van der Waals surface area (Å²) < 4.78 is 10.0. The van der Waals surface area contributed by atoms with Crippen molar-refractivity contribution in [3.63, 3.8) is 0 Å². The molecule has 26 heavy (non-hydrogen) atoms. The van der Waals surface area contributed by atoms with Crippen molar-refractivity contribution in [2.24, 2.45) is 11.8 Å². The van der Waals surface area contributed by atoms with E-state index in [1.807, 2.05) is 0 Å². The number of rotatable bonds is 7. The van der Waals surface area contributed by atoms with E-state index in [0.717, 1.165) is 0 Å². The van der Waals surface area contributed by atoms with Crippen LogP contribution in [0.15, 0.2) is 71.3 Å². The molecule has 0 spiro atoms. The Morgan fingerprint density at radius 1 is 0.808 bits per heavy atom. The van der Waals surface area contributed by atoms with Crippen molar-refractivity contribution in [3.05, 3.63) is 71.3 Å². The Kier molecular flexibility index (Phi) is 6.89. The molecule has 6 nitrogen and oxygen atoms in total. The van der Waals surface area contributed by atoms with Crippen molar-refractivity contribution >= 4 is 11.6 Å². The number of hydrogen-bond donors (Lipinski definition) is 2. The molecule has 0 radical (unpaired) electrons. The molecular formula is C20H22O6. The summed E-state index contributed by atoms with van der Waals surface area (Å²) in [5.74, 6) is -0.785. The van der Waals surface area contributed by atoms with Crippen molar-refractivity contribution in [2.75, 3.05) is 27.4 Å². The van der Waals surface area contributed by atoms with Gasteiger partial charge in [-0.1, -0.05) is 24.3 Å². The van der Waals surface area contributed by atoms with Gasteiger partial charge in [-0.2, -0.15) is 0 Å². The van der Waals surface area contributed by atoms with E-state index < -0.39 is 0 Å². The van der Waals surface area contributed by atoms with Gasteiger partial charge in [0.05, 0.1) is 27.4 Å². The molecule has 0 fully saturated rings. The molecule has 0 aliphatic heterocycles. The fourth-order valence-corrected chi connectivity index (χ4v) is 2.69. The third-order valence-electron chi connectivity index (χ3n) is 4.16. The summed E-state index contributed by atoms with van der Waals surface area (Å²) in [5, 5.41) is 19.5. The zero-order chi connectivity index (χ0) is 19.1. The Morgan fingerprint density at radius 2 is 1.19 bits per heavy atom. The quantitative estimate of drug-likeness (QED) is 0.714. The molecule has 0 aromatic rings. The first kappa shape index (κ1) is 19.6. The van der Waals surface area contributed by atoms with Gasteiger partial charge in [0.15, 0.2) is 11.5 Å². The maximum atomic E-state index is 11.6. The third kappa shape index (κ3) is 4.68. The second-order valence-electron chi connectivity index (χ2n) is 5.85. The molecule has 2 rings (SSSR count). The highest BCUT2D eigenvalue weighted by Gasteiger charge is 2.20. The van der Waals surface area contributed by atoms with E-state index in [-0.39, 0.29) is 48.1 Å². The Balaban J connectivity index is 2.27. The number of allylic oxidation sites excluding steroid dienone is 8. The zero-order valence-corrected chi connectivity index (χ0v) is 14.7. The van der Waals surface area contributed by atoms with Crippen molar-refractivity contribution in [2.45, 2.75) is 0 Å². The zero-order valence-electron chi connectivity index (χ0n) is 14.7. The topological polar surface area (TPSA) is 93.1 Å². The Labute approximate surface area is 152 Å². The molecule has 0 saturated carbocycles. The first-order valence-corrected chi connectivity index (χ1v) is 8.14. The maximum absolute atomic E-state index is 11.6. The minimum absolute atomic E-state index is 0.195. The van der Waals surface area contributed by atoms with Crippen molar-refractivity contribution in [3.8, 4) is 0 Å². The molecule has 0 saturated heterocycles. The van der Waals surface area contributed by atoms with E-state index >= 15 is 0 Å². The standard InChI is InChI=1S/C20H22O6/c1-25-19-9-13(3-5-17(19)23)7-15(11-21)16(12-22)8-14-4-6-18(24)20(10-14)26-2/h3-10,15-16,21-22H,11-12H2,1-2H3/b13-7-,14-8+. The van der Waals surface area contributed by atoms with Crippen LogP contribution in [-0.4, -0.2) is 49.2 Å². The van der Waals surface area contributed by atoms with Crippen LogP contribution >= 0.6 is 0 Å². The second kappa shape index (κ2) is 9.12. The van der Waals surface area contributed by atoms with E-state index in [0.29, 0.717) is 11.1 Å². The van der Waals surface area contributed by atoms with Crippen LogP contribution in [0.25, 0.3) is 0 Å². The average Bonchev–Trinajstić information content (AvgIpc) is 2.66. The fraction of sp³-hybridized carbons (Fsp3) is 0.300. The molecular weight excluding hydrogens is 336 g/mol. The summed E-state index contributed by atoms with van der Waals surface area (Å²) in [4.78, 5) is 23.2.